The summed E-state index contributed by atoms with van der Waals surface area (Å²) >= 11 is 2.58. The molecule has 0 saturated heterocycles. The average molecular weight is 418 g/mol. The number of carbonyl (C=O) groups is 1. The van der Waals surface area contributed by atoms with Gasteiger partial charge in [0.25, 0.3) is 5.56 Å². The predicted octanol–water partition coefficient (Wildman–Crippen LogP) is 4.09. The highest BCUT2D eigenvalue weighted by molar-refractivity contribution is 7.99. The fraction of sp³-hybridized carbons (Fsp3) is 0.250. The standard InChI is InChI=1S/C20H20FN3O2S2/c1-4-10-24-19(26)18-16(9-11-27-18)22-20(24)28-12-17(25)23(3)13(2)14-5-7-15(21)8-6-14/h4-9,11,13H,1,10,12H2,2-3H3. The largest absolute Gasteiger partial charge is 0.338 e. The van der Waals surface area contributed by atoms with Gasteiger partial charge in [0.15, 0.2) is 5.16 Å². The Balaban J connectivity index is 1.76. The van der Waals surface area contributed by atoms with Crippen LogP contribution in [0.15, 0.2) is 58.3 Å². The van der Waals surface area contributed by atoms with Gasteiger partial charge in [0.1, 0.15) is 10.5 Å². The Morgan fingerprint density at radius 1 is 1.39 bits per heavy atom. The lowest BCUT2D eigenvalue weighted by Crippen LogP contribution is -2.31. The number of allylic oxidation sites excluding steroid dienone is 1. The fourth-order valence-electron chi connectivity index (χ4n) is 2.73. The molecule has 28 heavy (non-hydrogen) atoms. The summed E-state index contributed by atoms with van der Waals surface area (Å²) < 4.78 is 15.2. The predicted molar refractivity (Wildman–Crippen MR) is 112 cm³/mol. The van der Waals surface area contributed by atoms with Crippen LogP contribution in [-0.2, 0) is 11.3 Å². The molecule has 0 radical (unpaired) electrons. The van der Waals surface area contributed by atoms with E-state index in [1.54, 1.807) is 36.2 Å². The van der Waals surface area contributed by atoms with Crippen molar-refractivity contribution >= 4 is 39.2 Å². The van der Waals surface area contributed by atoms with Crippen molar-refractivity contribution in [3.63, 3.8) is 0 Å². The third-order valence-electron chi connectivity index (χ3n) is 4.49. The first kappa shape index (κ1) is 20.3. The van der Waals surface area contributed by atoms with Crippen LogP contribution in [0.2, 0.25) is 0 Å². The van der Waals surface area contributed by atoms with Gasteiger partial charge in [-0.15, -0.1) is 17.9 Å². The summed E-state index contributed by atoms with van der Waals surface area (Å²) in [4.78, 5) is 31.5. The zero-order valence-corrected chi connectivity index (χ0v) is 17.2. The van der Waals surface area contributed by atoms with Crippen LogP contribution < -0.4 is 5.56 Å². The van der Waals surface area contributed by atoms with Gasteiger partial charge in [-0.3, -0.25) is 14.2 Å². The summed E-state index contributed by atoms with van der Waals surface area (Å²) in [7, 11) is 1.71. The molecule has 0 aliphatic rings. The first-order chi connectivity index (χ1) is 13.4. The van der Waals surface area contributed by atoms with Crippen molar-refractivity contribution < 1.29 is 9.18 Å². The average Bonchev–Trinajstić information content (AvgIpc) is 3.17. The topological polar surface area (TPSA) is 55.2 Å². The first-order valence-corrected chi connectivity index (χ1v) is 10.5. The number of thiophene rings is 1. The number of halogens is 1. The minimum atomic E-state index is -0.310. The molecule has 1 unspecified atom stereocenters. The van der Waals surface area contributed by atoms with E-state index in [1.807, 2.05) is 12.3 Å². The van der Waals surface area contributed by atoms with Gasteiger partial charge in [-0.25, -0.2) is 9.37 Å². The maximum absolute atomic E-state index is 13.1. The van der Waals surface area contributed by atoms with Crippen LogP contribution in [0.5, 0.6) is 0 Å². The Morgan fingerprint density at radius 2 is 2.11 bits per heavy atom. The second-order valence-corrected chi connectivity index (χ2v) is 8.11. The number of rotatable bonds is 7. The lowest BCUT2D eigenvalue weighted by atomic mass is 10.1. The summed E-state index contributed by atoms with van der Waals surface area (Å²) in [6, 6.07) is 7.71. The van der Waals surface area contributed by atoms with E-state index in [9.17, 15) is 14.0 Å². The molecule has 146 valence electrons. The number of hydrogen-bond acceptors (Lipinski definition) is 5. The number of nitrogens with zero attached hydrogens (tertiary/aromatic N) is 3. The van der Waals surface area contributed by atoms with Crippen LogP contribution in [0.1, 0.15) is 18.5 Å². The van der Waals surface area contributed by atoms with Crippen LogP contribution in [0, 0.1) is 5.82 Å². The minimum absolute atomic E-state index is 0.105. The molecule has 2 heterocycles. The lowest BCUT2D eigenvalue weighted by Gasteiger charge is -2.25. The Hall–Kier alpha value is -2.45. The Labute approximate surface area is 170 Å². The van der Waals surface area contributed by atoms with Crippen molar-refractivity contribution in [2.24, 2.45) is 0 Å². The van der Waals surface area contributed by atoms with E-state index in [4.69, 9.17) is 0 Å². The third-order valence-corrected chi connectivity index (χ3v) is 6.35. The monoisotopic (exact) mass is 417 g/mol. The van der Waals surface area contributed by atoms with Crippen LogP contribution in [-0.4, -0.2) is 33.2 Å². The molecule has 0 bridgehead atoms. The maximum atomic E-state index is 13.1. The molecule has 2 aromatic heterocycles. The minimum Gasteiger partial charge on any atom is -0.338 e. The lowest BCUT2D eigenvalue weighted by molar-refractivity contribution is -0.128. The zero-order valence-electron chi connectivity index (χ0n) is 15.6. The third kappa shape index (κ3) is 4.18. The van der Waals surface area contributed by atoms with Gasteiger partial charge in [-0.05, 0) is 36.1 Å². The van der Waals surface area contributed by atoms with E-state index in [2.05, 4.69) is 11.6 Å². The van der Waals surface area contributed by atoms with Gasteiger partial charge < -0.3 is 4.90 Å². The summed E-state index contributed by atoms with van der Waals surface area (Å²) in [6.07, 6.45) is 1.64. The van der Waals surface area contributed by atoms with Crippen molar-refractivity contribution in [2.45, 2.75) is 24.7 Å². The zero-order chi connectivity index (χ0) is 20.3. The van der Waals surface area contributed by atoms with E-state index in [-0.39, 0.29) is 29.1 Å². The number of carbonyl (C=O) groups excluding carboxylic acids is 1. The molecule has 0 saturated carbocycles. The SMILES string of the molecule is C=CCn1c(SCC(=O)N(C)C(C)c2ccc(F)cc2)nc2ccsc2c1=O. The number of thioether (sulfide) groups is 1. The maximum Gasteiger partial charge on any atom is 0.272 e. The molecule has 0 aliphatic heterocycles. The summed E-state index contributed by atoms with van der Waals surface area (Å²) in [5.74, 6) is -0.274. The highest BCUT2D eigenvalue weighted by Crippen LogP contribution is 2.23. The summed E-state index contributed by atoms with van der Waals surface area (Å²) in [5, 5.41) is 2.32. The van der Waals surface area contributed by atoms with Gasteiger partial charge in [0.2, 0.25) is 5.91 Å². The molecule has 0 spiro atoms. The van der Waals surface area contributed by atoms with E-state index in [0.717, 1.165) is 5.56 Å². The molecule has 5 nitrogen and oxygen atoms in total. The molecule has 3 rings (SSSR count). The van der Waals surface area contributed by atoms with Crippen molar-refractivity contribution in [1.82, 2.24) is 14.5 Å². The van der Waals surface area contributed by atoms with Gasteiger partial charge in [-0.1, -0.05) is 30.0 Å². The molecular formula is C20H20FN3O2S2. The van der Waals surface area contributed by atoms with Crippen LogP contribution in [0.3, 0.4) is 0 Å². The molecule has 1 amide bonds. The Morgan fingerprint density at radius 3 is 2.79 bits per heavy atom. The number of benzene rings is 1. The van der Waals surface area contributed by atoms with E-state index < -0.39 is 0 Å². The number of amides is 1. The first-order valence-electron chi connectivity index (χ1n) is 8.65. The molecule has 0 fully saturated rings. The molecule has 0 N–H and O–H groups in total. The number of fused-ring (bicyclic) bond motifs is 1. The molecule has 0 aliphatic carbocycles. The van der Waals surface area contributed by atoms with Gasteiger partial charge >= 0.3 is 0 Å². The van der Waals surface area contributed by atoms with Crippen molar-refractivity contribution in [1.29, 1.82) is 0 Å². The smallest absolute Gasteiger partial charge is 0.272 e. The number of hydrogen-bond donors (Lipinski definition) is 0. The summed E-state index contributed by atoms with van der Waals surface area (Å²) in [5.41, 5.74) is 1.37. The summed E-state index contributed by atoms with van der Waals surface area (Å²) in [6.45, 7) is 5.92. The van der Waals surface area contributed by atoms with Crippen molar-refractivity contribution in [3.8, 4) is 0 Å². The molecular weight excluding hydrogens is 397 g/mol. The Bertz CT molecular complexity index is 1060. The van der Waals surface area contributed by atoms with Crippen molar-refractivity contribution in [3.05, 3.63) is 70.1 Å². The quantitative estimate of drug-likeness (QED) is 0.330. The van der Waals surface area contributed by atoms with Gasteiger partial charge in [-0.2, -0.15) is 0 Å². The van der Waals surface area contributed by atoms with Gasteiger partial charge in [0, 0.05) is 13.6 Å². The van der Waals surface area contributed by atoms with Crippen LogP contribution in [0.4, 0.5) is 4.39 Å². The van der Waals surface area contributed by atoms with E-state index in [1.165, 1.54) is 39.8 Å². The van der Waals surface area contributed by atoms with Gasteiger partial charge in [0.05, 0.1) is 17.3 Å². The van der Waals surface area contributed by atoms with E-state index >= 15 is 0 Å². The molecule has 3 aromatic rings. The highest BCUT2D eigenvalue weighted by atomic mass is 32.2. The molecule has 1 atom stereocenters. The highest BCUT2D eigenvalue weighted by Gasteiger charge is 2.19. The molecule has 8 heteroatoms. The van der Waals surface area contributed by atoms with E-state index in [0.29, 0.717) is 21.9 Å². The molecule has 1 aromatic carbocycles. The number of aromatic nitrogens is 2. The fourth-order valence-corrected chi connectivity index (χ4v) is 4.44. The van der Waals surface area contributed by atoms with Crippen molar-refractivity contribution in [2.75, 3.05) is 12.8 Å². The van der Waals surface area contributed by atoms with Crippen LogP contribution >= 0.6 is 23.1 Å². The Kier molecular flexibility index (Phi) is 6.31. The van der Waals surface area contributed by atoms with Crippen LogP contribution in [0.25, 0.3) is 10.2 Å². The second kappa shape index (κ2) is 8.70. The normalized spacial score (nSPS) is 12.1. The second-order valence-electron chi connectivity index (χ2n) is 6.25.